The number of hydrogen-bond acceptors (Lipinski definition) is 18. The number of carbonyl (C=O) groups is 1. The van der Waals surface area contributed by atoms with Crippen molar-refractivity contribution in [2.24, 2.45) is 0 Å². The summed E-state index contributed by atoms with van der Waals surface area (Å²) in [6.07, 6.45) is 72.2. The van der Waals surface area contributed by atoms with Crippen molar-refractivity contribution in [3.63, 3.8) is 0 Å². The lowest BCUT2D eigenvalue weighted by molar-refractivity contribution is -0.379. The van der Waals surface area contributed by atoms with E-state index < -0.39 is 124 Å². The number of allylic oxidation sites excluding steroid dienone is 24. The zero-order valence-electron chi connectivity index (χ0n) is 67.0. The quantitative estimate of drug-likeness (QED) is 0.0199. The molecule has 0 bridgehead atoms. The summed E-state index contributed by atoms with van der Waals surface area (Å²) in [5.41, 5.74) is 0. The number of amides is 1. The Morgan fingerprint density at radius 3 is 0.972 bits per heavy atom. The van der Waals surface area contributed by atoms with Crippen LogP contribution in [0.2, 0.25) is 0 Å². The van der Waals surface area contributed by atoms with E-state index in [4.69, 9.17) is 28.4 Å². The van der Waals surface area contributed by atoms with Gasteiger partial charge in [0.05, 0.1) is 38.6 Å². The summed E-state index contributed by atoms with van der Waals surface area (Å²) in [5.74, 6) is -0.288. The van der Waals surface area contributed by atoms with E-state index in [9.17, 15) is 61.0 Å². The van der Waals surface area contributed by atoms with E-state index >= 15 is 0 Å². The molecule has 17 atom stereocenters. The fraction of sp³-hybridized carbons (Fsp3) is 0.722. The SMILES string of the molecule is CC/C=C\C/C=C\C/C=C\C/C=C\C/C=C\C/C=C\C/C=C\C/C=C\C/C=C\C/C=C\C/C=C\C/C=C\CCCCC(=O)NC(COC1OC(CO)C(OC2OC(CO)C(OC3OC(CO)C(O)C(O)C3O)C(O)C2O)C(O)C1O)C(O)CCCCCCCCCCCCCCCCCCCCCCCCCCC. The first kappa shape index (κ1) is 98.9. The molecule has 3 saturated heterocycles. The Hall–Kier alpha value is -4.33. The lowest BCUT2D eigenvalue weighted by Gasteiger charge is -2.48. The second-order valence-corrected chi connectivity index (χ2v) is 29.6. The van der Waals surface area contributed by atoms with E-state index in [-0.39, 0.29) is 18.9 Å². The molecule has 17 unspecified atom stereocenters. The number of unbranched alkanes of at least 4 members (excludes halogenated alkanes) is 26. The molecule has 0 radical (unpaired) electrons. The Bertz CT molecular complexity index is 2540. The molecule has 3 fully saturated rings. The van der Waals surface area contributed by atoms with Crippen LogP contribution in [-0.2, 0) is 33.2 Å². The number of carbonyl (C=O) groups excluding carboxylic acids is 1. The van der Waals surface area contributed by atoms with Gasteiger partial charge < -0.3 is 89.9 Å². The lowest BCUT2D eigenvalue weighted by atomic mass is 9.96. The molecule has 0 aromatic carbocycles. The molecule has 3 aliphatic rings. The van der Waals surface area contributed by atoms with Crippen molar-refractivity contribution in [2.45, 2.75) is 388 Å². The van der Waals surface area contributed by atoms with Gasteiger partial charge in [0.25, 0.3) is 0 Å². The third-order valence-electron chi connectivity index (χ3n) is 20.2. The Labute approximate surface area is 657 Å². The smallest absolute Gasteiger partial charge is 0.220 e. The van der Waals surface area contributed by atoms with Crippen LogP contribution in [0.3, 0.4) is 0 Å². The molecule has 12 N–H and O–H groups in total. The Kier molecular flexibility index (Phi) is 61.8. The Morgan fingerprint density at radius 2 is 0.633 bits per heavy atom. The molecular weight excluding hydrogens is 1380 g/mol. The normalized spacial score (nSPS) is 26.0. The van der Waals surface area contributed by atoms with E-state index in [1.807, 2.05) is 0 Å². The summed E-state index contributed by atoms with van der Waals surface area (Å²) >= 11 is 0. The van der Waals surface area contributed by atoms with E-state index in [0.29, 0.717) is 19.3 Å². The maximum Gasteiger partial charge on any atom is 0.220 e. The van der Waals surface area contributed by atoms with Crippen LogP contribution in [0.1, 0.15) is 284 Å². The monoisotopic (exact) mass is 1530 g/mol. The van der Waals surface area contributed by atoms with Gasteiger partial charge in [0.2, 0.25) is 5.91 Å². The van der Waals surface area contributed by atoms with Crippen LogP contribution in [0.25, 0.3) is 0 Å². The molecule has 3 heterocycles. The summed E-state index contributed by atoms with van der Waals surface area (Å²) in [4.78, 5) is 13.5. The number of ether oxygens (including phenoxy) is 6. The minimum absolute atomic E-state index is 0.202. The third-order valence-corrected chi connectivity index (χ3v) is 20.2. The van der Waals surface area contributed by atoms with Gasteiger partial charge in [0, 0.05) is 6.42 Å². The fourth-order valence-electron chi connectivity index (χ4n) is 13.4. The number of rotatable bonds is 66. The van der Waals surface area contributed by atoms with Gasteiger partial charge >= 0.3 is 0 Å². The topological polar surface area (TPSA) is 307 Å². The third kappa shape index (κ3) is 47.2. The van der Waals surface area contributed by atoms with E-state index in [2.05, 4.69) is 165 Å². The molecule has 0 aromatic heterocycles. The number of aliphatic hydroxyl groups excluding tert-OH is 11. The molecule has 109 heavy (non-hydrogen) atoms. The largest absolute Gasteiger partial charge is 0.394 e. The van der Waals surface area contributed by atoms with Crippen LogP contribution in [0.15, 0.2) is 146 Å². The van der Waals surface area contributed by atoms with Gasteiger partial charge in [0.1, 0.15) is 73.2 Å². The van der Waals surface area contributed by atoms with Crippen LogP contribution >= 0.6 is 0 Å². The van der Waals surface area contributed by atoms with Crippen LogP contribution in [-0.4, -0.2) is 193 Å². The summed E-state index contributed by atoms with van der Waals surface area (Å²) in [7, 11) is 0. The van der Waals surface area contributed by atoms with Gasteiger partial charge in [-0.25, -0.2) is 0 Å². The highest BCUT2D eigenvalue weighted by molar-refractivity contribution is 5.76. The number of nitrogens with one attached hydrogen (secondary N) is 1. The van der Waals surface area contributed by atoms with Gasteiger partial charge in [-0.05, 0) is 103 Å². The first-order valence-electron chi connectivity index (χ1n) is 42.6. The predicted octanol–water partition coefficient (Wildman–Crippen LogP) is 15.4. The second kappa shape index (κ2) is 68.1. The van der Waals surface area contributed by atoms with E-state index in [1.54, 1.807) is 0 Å². The summed E-state index contributed by atoms with van der Waals surface area (Å²) in [5, 5.41) is 121. The maximum atomic E-state index is 13.5. The van der Waals surface area contributed by atoms with Crippen LogP contribution < -0.4 is 5.32 Å². The minimum atomic E-state index is -1.99. The van der Waals surface area contributed by atoms with Gasteiger partial charge in [-0.3, -0.25) is 4.79 Å². The number of hydrogen-bond donors (Lipinski definition) is 12. The van der Waals surface area contributed by atoms with Crippen LogP contribution in [0, 0.1) is 0 Å². The Balaban J connectivity index is 1.37. The second-order valence-electron chi connectivity index (χ2n) is 29.6. The molecule has 0 spiro atoms. The molecule has 0 aromatic rings. The van der Waals surface area contributed by atoms with Gasteiger partial charge in [-0.1, -0.05) is 320 Å². The molecule has 0 aliphatic carbocycles. The number of aliphatic hydroxyl groups is 11. The lowest BCUT2D eigenvalue weighted by Crippen LogP contribution is -2.66. The molecule has 1 amide bonds. The highest BCUT2D eigenvalue weighted by Gasteiger charge is 2.54. The van der Waals surface area contributed by atoms with Crippen molar-refractivity contribution in [1.82, 2.24) is 5.32 Å². The van der Waals surface area contributed by atoms with Crippen LogP contribution in [0.4, 0.5) is 0 Å². The van der Waals surface area contributed by atoms with E-state index in [1.165, 1.54) is 135 Å². The summed E-state index contributed by atoms with van der Waals surface area (Å²) < 4.78 is 34.5. The van der Waals surface area contributed by atoms with Crippen molar-refractivity contribution < 1.29 is 89.4 Å². The zero-order valence-corrected chi connectivity index (χ0v) is 67.0. The molecule has 19 heteroatoms. The van der Waals surface area contributed by atoms with Gasteiger partial charge in [-0.15, -0.1) is 0 Å². The molecule has 3 rings (SSSR count). The first-order valence-corrected chi connectivity index (χ1v) is 42.6. The average molecular weight is 1540 g/mol. The highest BCUT2D eigenvalue weighted by Crippen LogP contribution is 2.33. The van der Waals surface area contributed by atoms with Gasteiger partial charge in [0.15, 0.2) is 18.9 Å². The molecular formula is C90H151NO18. The van der Waals surface area contributed by atoms with Gasteiger partial charge in [-0.2, -0.15) is 0 Å². The highest BCUT2D eigenvalue weighted by atomic mass is 16.8. The average Bonchev–Trinajstić information content (AvgIpc) is 0.759. The zero-order chi connectivity index (χ0) is 78.8. The predicted molar refractivity (Wildman–Crippen MR) is 438 cm³/mol. The summed E-state index contributed by atoms with van der Waals surface area (Å²) in [6, 6.07) is -0.924. The van der Waals surface area contributed by atoms with Crippen LogP contribution in [0.5, 0.6) is 0 Å². The van der Waals surface area contributed by atoms with Crippen molar-refractivity contribution in [3.8, 4) is 0 Å². The molecule has 19 nitrogen and oxygen atoms in total. The first-order chi connectivity index (χ1) is 53.3. The molecule has 624 valence electrons. The van der Waals surface area contributed by atoms with Crippen molar-refractivity contribution in [3.05, 3.63) is 146 Å². The Morgan fingerprint density at radius 1 is 0.339 bits per heavy atom. The van der Waals surface area contributed by atoms with Crippen molar-refractivity contribution in [2.75, 3.05) is 26.4 Å². The van der Waals surface area contributed by atoms with Crippen molar-refractivity contribution >= 4 is 5.91 Å². The molecule has 0 saturated carbocycles. The van der Waals surface area contributed by atoms with E-state index in [0.717, 1.165) is 109 Å². The molecule has 3 aliphatic heterocycles. The maximum absolute atomic E-state index is 13.5. The van der Waals surface area contributed by atoms with Crippen molar-refractivity contribution in [1.29, 1.82) is 0 Å². The fourth-order valence-corrected chi connectivity index (χ4v) is 13.4. The standard InChI is InChI=1S/C90H151NO18/c1-3-5-7-9-11-13-15-17-19-21-23-25-27-29-30-31-32-33-34-35-36-37-38-39-40-41-42-44-46-48-50-52-54-56-58-60-62-64-66-68-78(96)91-73(74(95)67-65-63-61-59-57-55-53-51-49-47-45-43-28-26-24-22-20-18-16-14-12-10-8-6-4-2)72-104-88-84(102)81(99)86(76(70-93)106-88)109-90-85(103)82(100)87(77(71-94)107-90)108-89-83(101)80(98)79(97)75(69-92)105-89/h5,7,11,13,17,19,23,25,29-30,32-33,35-36,38-39,41-42,46,48,52,54,58,60,73-77,79-90,92-95,97-103H,3-4,6,8-10,12,14-16,18,20-22,24,26-28,31,34,37,40,43-45,47,49-51,53,55-57,59,61-72H2,1-2H3,(H,91,96)/b7-5-,13-11-,19-17-,25-23-,30-29-,33-32-,36-35-,39-38-,42-41-,48-46-,54-52-,60-58-. The minimum Gasteiger partial charge on any atom is -0.394 e. The summed E-state index contributed by atoms with van der Waals surface area (Å²) in [6.45, 7) is 1.67.